The summed E-state index contributed by atoms with van der Waals surface area (Å²) < 4.78 is 7.86. The van der Waals surface area contributed by atoms with Crippen LogP contribution in [0.5, 0.6) is 5.75 Å². The average molecular weight is 390 g/mol. The van der Waals surface area contributed by atoms with E-state index in [2.05, 4.69) is 14.9 Å². The van der Waals surface area contributed by atoms with E-state index < -0.39 is 0 Å². The molecule has 3 aromatic rings. The van der Waals surface area contributed by atoms with E-state index in [-0.39, 0.29) is 0 Å². The van der Waals surface area contributed by atoms with Gasteiger partial charge in [-0.3, -0.25) is 0 Å². The van der Waals surface area contributed by atoms with Gasteiger partial charge in [0.05, 0.1) is 16.4 Å². The van der Waals surface area contributed by atoms with Crippen LogP contribution in [0.15, 0.2) is 61.2 Å². The Morgan fingerprint density at radius 1 is 1.04 bits per heavy atom. The standard InChI is InChI=1S/C20H21Cl2N3O/c21-18-11-17(13-23-7-4-9-25-10-8-24-15-25)12-19(22)20(18)26-14-16-5-2-1-3-6-16/h1-3,5-6,8,10-12,15,23H,4,7,9,13-14H2. The molecule has 0 unspecified atom stereocenters. The second-order valence-corrected chi connectivity index (χ2v) is 6.81. The highest BCUT2D eigenvalue weighted by Crippen LogP contribution is 2.34. The molecule has 0 saturated heterocycles. The second kappa shape index (κ2) is 9.62. The van der Waals surface area contributed by atoms with E-state index in [0.29, 0.717) is 28.9 Å². The molecule has 0 radical (unpaired) electrons. The number of nitrogens with one attached hydrogen (secondary N) is 1. The molecule has 0 atom stereocenters. The molecule has 3 rings (SSSR count). The van der Waals surface area contributed by atoms with Gasteiger partial charge in [-0.25, -0.2) is 4.98 Å². The van der Waals surface area contributed by atoms with Gasteiger partial charge in [0.2, 0.25) is 0 Å². The molecule has 0 fully saturated rings. The Kier molecular flexibility index (Phi) is 6.95. The third-order valence-electron chi connectivity index (χ3n) is 3.94. The number of benzene rings is 2. The predicted octanol–water partition coefficient (Wildman–Crippen LogP) is 4.95. The zero-order valence-corrected chi connectivity index (χ0v) is 15.9. The summed E-state index contributed by atoms with van der Waals surface area (Å²) in [6, 6.07) is 13.7. The molecule has 0 aliphatic heterocycles. The first-order chi connectivity index (χ1) is 12.7. The molecule has 6 heteroatoms. The zero-order valence-electron chi connectivity index (χ0n) is 14.4. The van der Waals surface area contributed by atoms with Crippen molar-refractivity contribution in [3.05, 3.63) is 82.4 Å². The first-order valence-corrected chi connectivity index (χ1v) is 9.29. The molecule has 136 valence electrons. The van der Waals surface area contributed by atoms with Crippen molar-refractivity contribution in [1.29, 1.82) is 0 Å². The van der Waals surface area contributed by atoms with Gasteiger partial charge in [-0.05, 0) is 36.2 Å². The van der Waals surface area contributed by atoms with Crippen LogP contribution in [-0.2, 0) is 19.7 Å². The summed E-state index contributed by atoms with van der Waals surface area (Å²) in [6.07, 6.45) is 6.61. The lowest BCUT2D eigenvalue weighted by Gasteiger charge is -2.12. The van der Waals surface area contributed by atoms with Crippen molar-refractivity contribution in [2.24, 2.45) is 0 Å². The Labute approximate surface area is 163 Å². The number of rotatable bonds is 9. The maximum atomic E-state index is 6.36. The van der Waals surface area contributed by atoms with Crippen LogP contribution in [0.2, 0.25) is 10.0 Å². The van der Waals surface area contributed by atoms with Gasteiger partial charge in [-0.2, -0.15) is 0 Å². The molecular formula is C20H21Cl2N3O. The van der Waals surface area contributed by atoms with Crippen molar-refractivity contribution in [2.45, 2.75) is 26.1 Å². The topological polar surface area (TPSA) is 39.1 Å². The first kappa shape index (κ1) is 18.8. The molecule has 4 nitrogen and oxygen atoms in total. The highest BCUT2D eigenvalue weighted by molar-refractivity contribution is 6.37. The van der Waals surface area contributed by atoms with Crippen LogP contribution < -0.4 is 10.1 Å². The first-order valence-electron chi connectivity index (χ1n) is 8.53. The number of halogens is 2. The number of ether oxygens (including phenoxy) is 1. The number of aryl methyl sites for hydroxylation is 1. The minimum Gasteiger partial charge on any atom is -0.486 e. The van der Waals surface area contributed by atoms with Crippen LogP contribution in [-0.4, -0.2) is 16.1 Å². The normalized spacial score (nSPS) is 10.8. The molecule has 0 amide bonds. The summed E-state index contributed by atoms with van der Waals surface area (Å²) in [7, 11) is 0. The summed E-state index contributed by atoms with van der Waals surface area (Å²) in [5, 5.41) is 4.47. The average Bonchev–Trinajstić information content (AvgIpc) is 3.15. The van der Waals surface area contributed by atoms with E-state index >= 15 is 0 Å². The lowest BCUT2D eigenvalue weighted by Crippen LogP contribution is -2.16. The van der Waals surface area contributed by atoms with Crippen molar-refractivity contribution in [3.63, 3.8) is 0 Å². The van der Waals surface area contributed by atoms with Crippen molar-refractivity contribution < 1.29 is 4.74 Å². The van der Waals surface area contributed by atoms with Crippen molar-refractivity contribution in [3.8, 4) is 5.75 Å². The number of hydrogen-bond donors (Lipinski definition) is 1. The number of nitrogens with zero attached hydrogens (tertiary/aromatic N) is 2. The van der Waals surface area contributed by atoms with E-state index in [4.69, 9.17) is 27.9 Å². The van der Waals surface area contributed by atoms with E-state index in [1.807, 2.05) is 55.0 Å². The predicted molar refractivity (Wildman–Crippen MR) is 106 cm³/mol. The van der Waals surface area contributed by atoms with E-state index in [1.54, 1.807) is 6.20 Å². The van der Waals surface area contributed by atoms with Crippen LogP contribution >= 0.6 is 23.2 Å². The fourth-order valence-electron chi connectivity index (χ4n) is 2.62. The fourth-order valence-corrected chi connectivity index (χ4v) is 3.26. The van der Waals surface area contributed by atoms with E-state index in [0.717, 1.165) is 30.6 Å². The Bertz CT molecular complexity index is 784. The quantitative estimate of drug-likeness (QED) is 0.526. The number of imidazole rings is 1. The van der Waals surface area contributed by atoms with Gasteiger partial charge in [-0.15, -0.1) is 0 Å². The third-order valence-corrected chi connectivity index (χ3v) is 4.50. The van der Waals surface area contributed by atoms with Crippen LogP contribution in [0.4, 0.5) is 0 Å². The number of hydrogen-bond acceptors (Lipinski definition) is 3. The monoisotopic (exact) mass is 389 g/mol. The molecule has 1 heterocycles. The van der Waals surface area contributed by atoms with Crippen molar-refractivity contribution >= 4 is 23.2 Å². The molecule has 0 aliphatic rings. The SMILES string of the molecule is Clc1cc(CNCCCn2ccnc2)cc(Cl)c1OCc1ccccc1. The van der Waals surface area contributed by atoms with Crippen LogP contribution in [0, 0.1) is 0 Å². The highest BCUT2D eigenvalue weighted by Gasteiger charge is 2.10. The van der Waals surface area contributed by atoms with E-state index in [9.17, 15) is 0 Å². The summed E-state index contributed by atoms with van der Waals surface area (Å²) in [5.41, 5.74) is 2.11. The second-order valence-electron chi connectivity index (χ2n) is 5.99. The van der Waals surface area contributed by atoms with Gasteiger partial charge in [0.1, 0.15) is 6.61 Å². The lowest BCUT2D eigenvalue weighted by atomic mass is 10.2. The lowest BCUT2D eigenvalue weighted by molar-refractivity contribution is 0.306. The molecule has 26 heavy (non-hydrogen) atoms. The van der Waals surface area contributed by atoms with Crippen molar-refractivity contribution in [2.75, 3.05) is 6.54 Å². The smallest absolute Gasteiger partial charge is 0.156 e. The Morgan fingerprint density at radius 2 is 1.81 bits per heavy atom. The molecule has 0 saturated carbocycles. The van der Waals surface area contributed by atoms with Gasteiger partial charge in [0, 0.05) is 25.5 Å². The van der Waals surface area contributed by atoms with Crippen molar-refractivity contribution in [1.82, 2.24) is 14.9 Å². The molecular weight excluding hydrogens is 369 g/mol. The highest BCUT2D eigenvalue weighted by atomic mass is 35.5. The molecule has 2 aromatic carbocycles. The molecule has 0 aliphatic carbocycles. The Morgan fingerprint density at radius 3 is 2.50 bits per heavy atom. The third kappa shape index (κ3) is 5.49. The Hall–Kier alpha value is -2.01. The van der Waals surface area contributed by atoms with Gasteiger partial charge < -0.3 is 14.6 Å². The molecule has 1 N–H and O–H groups in total. The van der Waals surface area contributed by atoms with Crippen LogP contribution in [0.3, 0.4) is 0 Å². The van der Waals surface area contributed by atoms with Gasteiger partial charge in [-0.1, -0.05) is 53.5 Å². The molecule has 0 spiro atoms. The minimum atomic E-state index is 0.437. The number of aromatic nitrogens is 2. The van der Waals surface area contributed by atoms with Crippen LogP contribution in [0.25, 0.3) is 0 Å². The van der Waals surface area contributed by atoms with Gasteiger partial charge >= 0.3 is 0 Å². The fraction of sp³-hybridized carbons (Fsp3) is 0.250. The summed E-state index contributed by atoms with van der Waals surface area (Å²) in [5.74, 6) is 0.529. The molecule has 0 bridgehead atoms. The molecule has 1 aromatic heterocycles. The largest absolute Gasteiger partial charge is 0.486 e. The van der Waals surface area contributed by atoms with E-state index in [1.165, 1.54) is 0 Å². The summed E-state index contributed by atoms with van der Waals surface area (Å²) in [6.45, 7) is 2.99. The maximum Gasteiger partial charge on any atom is 0.156 e. The maximum absolute atomic E-state index is 6.36. The van der Waals surface area contributed by atoms with Crippen LogP contribution in [0.1, 0.15) is 17.5 Å². The van der Waals surface area contributed by atoms with Gasteiger partial charge in [0.15, 0.2) is 5.75 Å². The Balaban J connectivity index is 1.48. The summed E-state index contributed by atoms with van der Waals surface area (Å²) >= 11 is 12.7. The minimum absolute atomic E-state index is 0.437. The van der Waals surface area contributed by atoms with Gasteiger partial charge in [0.25, 0.3) is 0 Å². The summed E-state index contributed by atoms with van der Waals surface area (Å²) in [4.78, 5) is 4.03. The zero-order chi connectivity index (χ0) is 18.2.